The lowest BCUT2D eigenvalue weighted by Crippen LogP contribution is -2.15. The highest BCUT2D eigenvalue weighted by Crippen LogP contribution is 2.48. The minimum atomic E-state index is -3.77. The number of halogens is 1. The summed E-state index contributed by atoms with van der Waals surface area (Å²) >= 11 is 1.26. The van der Waals surface area contributed by atoms with Crippen LogP contribution in [0.5, 0.6) is 0 Å². The Bertz CT molecular complexity index is 1090. The van der Waals surface area contributed by atoms with Crippen molar-refractivity contribution in [1.29, 1.82) is 0 Å². The van der Waals surface area contributed by atoms with E-state index in [1.807, 2.05) is 0 Å². The molecular formula is C19H14FN2O2S2. The molecule has 4 rings (SSSR count). The third-order valence-corrected chi connectivity index (χ3v) is 7.31. The van der Waals surface area contributed by atoms with Gasteiger partial charge < -0.3 is 0 Å². The van der Waals surface area contributed by atoms with Gasteiger partial charge in [0.05, 0.1) is 16.1 Å². The smallest absolute Gasteiger partial charge is 0.190 e. The summed E-state index contributed by atoms with van der Waals surface area (Å²) in [5.74, 6) is -0.425. The van der Waals surface area contributed by atoms with Crippen molar-refractivity contribution in [2.45, 2.75) is 17.1 Å². The summed E-state index contributed by atoms with van der Waals surface area (Å²) < 4.78 is 40.8. The van der Waals surface area contributed by atoms with E-state index >= 15 is 0 Å². The van der Waals surface area contributed by atoms with Gasteiger partial charge in [-0.1, -0.05) is 18.2 Å². The highest BCUT2D eigenvalue weighted by Gasteiger charge is 2.39. The number of sulfone groups is 1. The van der Waals surface area contributed by atoms with Gasteiger partial charge in [-0.3, -0.25) is 10.3 Å². The second-order valence-corrected chi connectivity index (χ2v) is 8.87. The van der Waals surface area contributed by atoms with E-state index in [4.69, 9.17) is 0 Å². The second-order valence-electron chi connectivity index (χ2n) is 5.91. The van der Waals surface area contributed by atoms with Gasteiger partial charge in [0.2, 0.25) is 0 Å². The average Bonchev–Trinajstić information content (AvgIpc) is 3.25. The summed E-state index contributed by atoms with van der Waals surface area (Å²) in [5.41, 5.74) is 3.77. The summed E-state index contributed by atoms with van der Waals surface area (Å²) in [7, 11) is -3.77. The number of thiazole rings is 1. The van der Waals surface area contributed by atoms with Crippen molar-refractivity contribution in [3.8, 4) is 0 Å². The molecule has 131 valence electrons. The van der Waals surface area contributed by atoms with Crippen LogP contribution in [0.3, 0.4) is 0 Å². The first-order chi connectivity index (χ1) is 12.5. The van der Waals surface area contributed by atoms with Crippen molar-refractivity contribution in [3.63, 3.8) is 0 Å². The molecule has 1 radical (unpaired) electrons. The molecule has 0 amide bonds. The lowest BCUT2D eigenvalue weighted by molar-refractivity contribution is 0.591. The molecule has 0 N–H and O–H groups in total. The number of nitrogens with zero attached hydrogens (tertiary/aromatic N) is 2. The van der Waals surface area contributed by atoms with Crippen LogP contribution in [0.1, 0.15) is 22.6 Å². The molecule has 1 atom stereocenters. The number of aromatic nitrogens is 1. The zero-order valence-corrected chi connectivity index (χ0v) is 15.4. The highest BCUT2D eigenvalue weighted by atomic mass is 32.2. The lowest BCUT2D eigenvalue weighted by Gasteiger charge is -2.19. The first-order valence-corrected chi connectivity index (χ1v) is 10.3. The van der Waals surface area contributed by atoms with Crippen molar-refractivity contribution < 1.29 is 12.8 Å². The Hall–Kier alpha value is -2.51. The fraction of sp³-hybridized carbons (Fsp3) is 0.105. The fourth-order valence-electron chi connectivity index (χ4n) is 3.14. The minimum Gasteiger partial charge on any atom is -0.253 e. The van der Waals surface area contributed by atoms with Crippen LogP contribution in [0.15, 0.2) is 70.8 Å². The van der Waals surface area contributed by atoms with Crippen molar-refractivity contribution in [2.75, 3.05) is 0 Å². The molecule has 0 saturated heterocycles. The molecule has 1 aromatic heterocycles. The molecule has 2 heterocycles. The molecule has 0 bridgehead atoms. The predicted molar refractivity (Wildman–Crippen MR) is 99.3 cm³/mol. The zero-order chi connectivity index (χ0) is 18.3. The summed E-state index contributed by atoms with van der Waals surface area (Å²) in [6.07, 6.45) is 1.55. The summed E-state index contributed by atoms with van der Waals surface area (Å²) in [5, 5.41) is 3.46. The maximum Gasteiger partial charge on any atom is 0.190 e. The first-order valence-electron chi connectivity index (χ1n) is 7.88. The Labute approximate surface area is 155 Å². The molecular weight excluding hydrogens is 371 g/mol. The maximum atomic E-state index is 13.9. The van der Waals surface area contributed by atoms with Crippen LogP contribution in [0.4, 0.5) is 10.1 Å². The zero-order valence-electron chi connectivity index (χ0n) is 13.8. The molecule has 1 unspecified atom stereocenters. The van der Waals surface area contributed by atoms with Crippen molar-refractivity contribution >= 4 is 32.4 Å². The Morgan fingerprint density at radius 3 is 2.58 bits per heavy atom. The molecule has 4 nitrogen and oxygen atoms in total. The Morgan fingerprint density at radius 1 is 1.12 bits per heavy atom. The molecule has 3 aromatic rings. The summed E-state index contributed by atoms with van der Waals surface area (Å²) in [6.45, 7) is 1.75. The predicted octanol–water partition coefficient (Wildman–Crippen LogP) is 4.48. The monoisotopic (exact) mass is 385 g/mol. The van der Waals surface area contributed by atoms with Gasteiger partial charge in [-0.25, -0.2) is 12.8 Å². The molecule has 1 aliphatic heterocycles. The van der Waals surface area contributed by atoms with Crippen LogP contribution in [0, 0.1) is 5.82 Å². The van der Waals surface area contributed by atoms with E-state index < -0.39 is 20.9 Å². The second kappa shape index (κ2) is 6.34. The van der Waals surface area contributed by atoms with Crippen LogP contribution in [0.2, 0.25) is 0 Å². The molecule has 0 saturated carbocycles. The SMILES string of the molecule is CC1=C(C(c2cncs2)S(=O)(=O)c2ccccc2)c2cc(F)ccc2[N]1. The molecule has 0 spiro atoms. The highest BCUT2D eigenvalue weighted by molar-refractivity contribution is 7.92. The lowest BCUT2D eigenvalue weighted by atomic mass is 10.0. The van der Waals surface area contributed by atoms with E-state index in [1.165, 1.54) is 23.5 Å². The molecule has 26 heavy (non-hydrogen) atoms. The van der Waals surface area contributed by atoms with Gasteiger partial charge in [-0.15, -0.1) is 11.3 Å². The Kier molecular flexibility index (Phi) is 4.13. The van der Waals surface area contributed by atoms with E-state index in [1.54, 1.807) is 55.0 Å². The number of hydrogen-bond donors (Lipinski definition) is 0. The summed E-state index contributed by atoms with van der Waals surface area (Å²) in [4.78, 5) is 4.84. The topological polar surface area (TPSA) is 61.1 Å². The van der Waals surface area contributed by atoms with E-state index in [2.05, 4.69) is 10.3 Å². The van der Waals surface area contributed by atoms with Gasteiger partial charge in [-0.2, -0.15) is 0 Å². The van der Waals surface area contributed by atoms with E-state index in [0.717, 1.165) is 0 Å². The van der Waals surface area contributed by atoms with Gasteiger partial charge >= 0.3 is 0 Å². The van der Waals surface area contributed by atoms with Crippen LogP contribution < -0.4 is 5.32 Å². The normalized spacial score (nSPS) is 14.8. The van der Waals surface area contributed by atoms with Crippen molar-refractivity contribution in [3.05, 3.63) is 82.2 Å². The van der Waals surface area contributed by atoms with Gasteiger partial charge in [-0.05, 0) is 37.3 Å². The standard InChI is InChI=1S/C19H14FN2O2S2/c1-12-18(15-9-13(20)7-8-16(15)22-12)19(17-10-21-11-25-17)26(23,24)14-5-3-2-4-6-14/h2-11,19H,1H3. The van der Waals surface area contributed by atoms with E-state index in [9.17, 15) is 12.8 Å². The third-order valence-electron chi connectivity index (χ3n) is 4.28. The fourth-order valence-corrected chi connectivity index (χ4v) is 6.08. The quantitative estimate of drug-likeness (QED) is 0.665. The van der Waals surface area contributed by atoms with Crippen molar-refractivity contribution in [2.24, 2.45) is 0 Å². The minimum absolute atomic E-state index is 0.212. The Balaban J connectivity index is 1.95. The average molecular weight is 385 g/mol. The first kappa shape index (κ1) is 16.9. The van der Waals surface area contributed by atoms with Gasteiger partial charge in [0.25, 0.3) is 0 Å². The van der Waals surface area contributed by atoms with E-state index in [0.29, 0.717) is 27.4 Å². The number of rotatable bonds is 4. The van der Waals surface area contributed by atoms with Gasteiger partial charge in [0.15, 0.2) is 9.84 Å². The third kappa shape index (κ3) is 2.73. The molecule has 0 fully saturated rings. The number of allylic oxidation sites excluding steroid dienone is 1. The largest absolute Gasteiger partial charge is 0.253 e. The van der Waals surface area contributed by atoms with Crippen LogP contribution in [0.25, 0.3) is 5.57 Å². The summed E-state index contributed by atoms with van der Waals surface area (Å²) in [6, 6.07) is 12.5. The molecule has 1 aliphatic rings. The number of benzene rings is 2. The van der Waals surface area contributed by atoms with Gasteiger partial charge in [0, 0.05) is 27.9 Å². The number of fused-ring (bicyclic) bond motifs is 1. The van der Waals surface area contributed by atoms with Crippen LogP contribution >= 0.6 is 11.3 Å². The maximum absolute atomic E-state index is 13.9. The van der Waals surface area contributed by atoms with Crippen LogP contribution in [-0.4, -0.2) is 13.4 Å². The number of hydrogen-bond acceptors (Lipinski definition) is 4. The Morgan fingerprint density at radius 2 is 1.88 bits per heavy atom. The van der Waals surface area contributed by atoms with Crippen LogP contribution in [-0.2, 0) is 9.84 Å². The van der Waals surface area contributed by atoms with Crippen molar-refractivity contribution in [1.82, 2.24) is 10.3 Å². The molecule has 0 aliphatic carbocycles. The van der Waals surface area contributed by atoms with E-state index in [-0.39, 0.29) is 4.90 Å². The molecule has 7 heteroatoms. The molecule has 2 aromatic carbocycles. The van der Waals surface area contributed by atoms with Gasteiger partial charge in [0.1, 0.15) is 11.1 Å².